The fourth-order valence-corrected chi connectivity index (χ4v) is 3.78. The molecule has 1 aliphatic heterocycles. The number of hydrogen-bond acceptors (Lipinski definition) is 4. The van der Waals surface area contributed by atoms with Gasteiger partial charge < -0.3 is 25.6 Å². The fourth-order valence-electron chi connectivity index (χ4n) is 3.78. The lowest BCUT2D eigenvalue weighted by Crippen LogP contribution is -2.51. The second-order valence-electron chi connectivity index (χ2n) is 7.85. The van der Waals surface area contributed by atoms with Crippen LogP contribution in [0.4, 0.5) is 5.69 Å². The summed E-state index contributed by atoms with van der Waals surface area (Å²) < 4.78 is 5.59. The van der Waals surface area contributed by atoms with Crippen LogP contribution < -0.4 is 25.6 Å². The third-order valence-electron chi connectivity index (χ3n) is 5.29. The van der Waals surface area contributed by atoms with Crippen LogP contribution in [0.5, 0.6) is 5.75 Å². The van der Waals surface area contributed by atoms with Crippen molar-refractivity contribution < 1.29 is 9.53 Å². The maximum Gasteiger partial charge on any atom is 0.257 e. The normalized spacial score (nSPS) is 15.9. The average molecular weight is 566 g/mol. The van der Waals surface area contributed by atoms with E-state index in [1.165, 1.54) is 5.69 Å². The highest BCUT2D eigenvalue weighted by molar-refractivity contribution is 14.0. The molecule has 1 fully saturated rings. The van der Waals surface area contributed by atoms with Crippen molar-refractivity contribution >= 4 is 41.5 Å². The highest BCUT2D eigenvalue weighted by Crippen LogP contribution is 2.19. The van der Waals surface area contributed by atoms with E-state index in [9.17, 15) is 4.79 Å². The first-order valence-corrected chi connectivity index (χ1v) is 11.5. The van der Waals surface area contributed by atoms with Gasteiger partial charge in [0.05, 0.1) is 6.54 Å². The maximum absolute atomic E-state index is 11.6. The maximum atomic E-state index is 11.6. The third-order valence-corrected chi connectivity index (χ3v) is 5.29. The standard InChI is InChI=1S/C25H35N5O2.HI/c1-3-26-24(31)19-32-23-14-8-10-20(16-23)17-28-25(27-4-2)29-21-11-9-15-30(18-21)22-12-6-5-7-13-22;/h5-8,10,12-14,16,21H,3-4,9,11,15,17-19H2,1-2H3,(H,26,31)(H2,27,28,29);1H. The molecule has 0 radical (unpaired) electrons. The van der Waals surface area contributed by atoms with Gasteiger partial charge in [-0.3, -0.25) is 4.79 Å². The lowest BCUT2D eigenvalue weighted by atomic mass is 10.1. The summed E-state index contributed by atoms with van der Waals surface area (Å²) in [6.07, 6.45) is 2.27. The summed E-state index contributed by atoms with van der Waals surface area (Å²) in [4.78, 5) is 18.8. The Morgan fingerprint density at radius 1 is 1.09 bits per heavy atom. The molecular weight excluding hydrogens is 529 g/mol. The van der Waals surface area contributed by atoms with Gasteiger partial charge in [0.1, 0.15) is 5.75 Å². The fraction of sp³-hybridized carbons (Fsp3) is 0.440. The Kier molecular flexibility index (Phi) is 11.9. The monoisotopic (exact) mass is 565 g/mol. The van der Waals surface area contributed by atoms with Gasteiger partial charge in [0, 0.05) is 37.9 Å². The number of nitrogens with zero attached hydrogens (tertiary/aromatic N) is 2. The minimum Gasteiger partial charge on any atom is -0.484 e. The molecule has 33 heavy (non-hydrogen) atoms. The van der Waals surface area contributed by atoms with Gasteiger partial charge in [-0.1, -0.05) is 30.3 Å². The molecule has 0 aromatic heterocycles. The van der Waals surface area contributed by atoms with Crippen LogP contribution in [0.1, 0.15) is 32.3 Å². The van der Waals surface area contributed by atoms with Gasteiger partial charge in [-0.2, -0.15) is 0 Å². The predicted octanol–water partition coefficient (Wildman–Crippen LogP) is 3.54. The quantitative estimate of drug-likeness (QED) is 0.247. The summed E-state index contributed by atoms with van der Waals surface area (Å²) in [5, 5.41) is 9.70. The van der Waals surface area contributed by atoms with E-state index in [2.05, 4.69) is 58.1 Å². The van der Waals surface area contributed by atoms with Gasteiger partial charge in [0.2, 0.25) is 0 Å². The Morgan fingerprint density at radius 3 is 2.64 bits per heavy atom. The second-order valence-corrected chi connectivity index (χ2v) is 7.85. The van der Waals surface area contributed by atoms with E-state index >= 15 is 0 Å². The minimum atomic E-state index is -0.119. The van der Waals surface area contributed by atoms with E-state index in [4.69, 9.17) is 9.73 Å². The molecule has 180 valence electrons. The number of carbonyl (C=O) groups is 1. The zero-order chi connectivity index (χ0) is 22.6. The number of carbonyl (C=O) groups excluding carboxylic acids is 1. The Labute approximate surface area is 214 Å². The molecule has 0 spiro atoms. The lowest BCUT2D eigenvalue weighted by molar-refractivity contribution is -0.122. The summed E-state index contributed by atoms with van der Waals surface area (Å²) in [6.45, 7) is 7.95. The van der Waals surface area contributed by atoms with Crippen LogP contribution >= 0.6 is 24.0 Å². The summed E-state index contributed by atoms with van der Waals surface area (Å²) >= 11 is 0. The highest BCUT2D eigenvalue weighted by atomic mass is 127. The zero-order valence-electron chi connectivity index (χ0n) is 19.5. The Hall–Kier alpha value is -2.49. The molecule has 1 saturated heterocycles. The molecule has 0 bridgehead atoms. The molecule has 0 aliphatic carbocycles. The number of aliphatic imine (C=N–C) groups is 1. The molecule has 2 aromatic carbocycles. The van der Waals surface area contributed by atoms with Gasteiger partial charge in [-0.15, -0.1) is 24.0 Å². The van der Waals surface area contributed by atoms with E-state index in [0.717, 1.165) is 44.0 Å². The van der Waals surface area contributed by atoms with Gasteiger partial charge in [-0.05, 0) is 56.5 Å². The van der Waals surface area contributed by atoms with Crippen LogP contribution in [0.25, 0.3) is 0 Å². The lowest BCUT2D eigenvalue weighted by Gasteiger charge is -2.35. The number of nitrogens with one attached hydrogen (secondary N) is 3. The third kappa shape index (κ3) is 9.11. The van der Waals surface area contributed by atoms with E-state index < -0.39 is 0 Å². The Balaban J connectivity index is 0.00000385. The summed E-state index contributed by atoms with van der Waals surface area (Å²) in [7, 11) is 0. The largest absolute Gasteiger partial charge is 0.484 e. The summed E-state index contributed by atoms with van der Waals surface area (Å²) in [5.41, 5.74) is 2.30. The van der Waals surface area contributed by atoms with Crippen LogP contribution in [0.2, 0.25) is 0 Å². The number of amides is 1. The predicted molar refractivity (Wildman–Crippen MR) is 146 cm³/mol. The molecule has 8 heteroatoms. The Morgan fingerprint density at radius 2 is 1.88 bits per heavy atom. The van der Waals surface area contributed by atoms with Crippen molar-refractivity contribution in [3.63, 3.8) is 0 Å². The van der Waals surface area contributed by atoms with Crippen LogP contribution in [0, 0.1) is 0 Å². The number of likely N-dealkylation sites (N-methyl/N-ethyl adjacent to an activating group) is 1. The second kappa shape index (κ2) is 14.6. The van der Waals surface area contributed by atoms with Crippen molar-refractivity contribution in [3.8, 4) is 5.75 Å². The van der Waals surface area contributed by atoms with Crippen molar-refractivity contribution in [1.29, 1.82) is 0 Å². The smallest absolute Gasteiger partial charge is 0.257 e. The zero-order valence-corrected chi connectivity index (χ0v) is 21.9. The molecule has 1 atom stereocenters. The topological polar surface area (TPSA) is 78.0 Å². The van der Waals surface area contributed by atoms with Crippen molar-refractivity contribution in [2.24, 2.45) is 4.99 Å². The molecule has 2 aromatic rings. The number of hydrogen-bond donors (Lipinski definition) is 3. The van der Waals surface area contributed by atoms with E-state index in [1.807, 2.05) is 31.2 Å². The SMILES string of the molecule is CCNC(=O)COc1cccc(CN=C(NCC)NC2CCCN(c3ccccc3)C2)c1.I. The minimum absolute atomic E-state index is 0. The number of rotatable bonds is 9. The summed E-state index contributed by atoms with van der Waals surface area (Å²) in [5.74, 6) is 1.38. The van der Waals surface area contributed by atoms with Crippen molar-refractivity contribution in [1.82, 2.24) is 16.0 Å². The number of halogens is 1. The summed E-state index contributed by atoms with van der Waals surface area (Å²) in [6, 6.07) is 18.7. The number of anilines is 1. The number of benzene rings is 2. The van der Waals surface area contributed by atoms with Crippen molar-refractivity contribution in [2.75, 3.05) is 37.7 Å². The molecule has 1 aliphatic rings. The number of para-hydroxylation sites is 1. The van der Waals surface area contributed by atoms with Crippen LogP contribution in [-0.2, 0) is 11.3 Å². The highest BCUT2D eigenvalue weighted by Gasteiger charge is 2.20. The van der Waals surface area contributed by atoms with E-state index in [1.54, 1.807) is 0 Å². The molecule has 1 heterocycles. The molecular formula is C25H36IN5O2. The average Bonchev–Trinajstić information content (AvgIpc) is 2.83. The number of piperidine rings is 1. The van der Waals surface area contributed by atoms with Gasteiger partial charge >= 0.3 is 0 Å². The Bertz CT molecular complexity index is 878. The van der Waals surface area contributed by atoms with Crippen molar-refractivity contribution in [2.45, 2.75) is 39.3 Å². The molecule has 3 rings (SSSR count). The first-order valence-electron chi connectivity index (χ1n) is 11.5. The molecule has 1 unspecified atom stereocenters. The molecule has 1 amide bonds. The first-order chi connectivity index (χ1) is 15.7. The molecule has 3 N–H and O–H groups in total. The first kappa shape index (κ1) is 26.8. The van der Waals surface area contributed by atoms with Crippen LogP contribution in [0.15, 0.2) is 59.6 Å². The van der Waals surface area contributed by atoms with E-state index in [0.29, 0.717) is 24.9 Å². The van der Waals surface area contributed by atoms with Crippen molar-refractivity contribution in [3.05, 3.63) is 60.2 Å². The number of ether oxygens (including phenoxy) is 1. The van der Waals surface area contributed by atoms with E-state index in [-0.39, 0.29) is 36.5 Å². The molecule has 0 saturated carbocycles. The molecule has 7 nitrogen and oxygen atoms in total. The van der Waals surface area contributed by atoms with Gasteiger partial charge in [-0.25, -0.2) is 4.99 Å². The van der Waals surface area contributed by atoms with Gasteiger partial charge in [0.15, 0.2) is 12.6 Å². The van der Waals surface area contributed by atoms with Gasteiger partial charge in [0.25, 0.3) is 5.91 Å². The van der Waals surface area contributed by atoms with Crippen LogP contribution in [-0.4, -0.2) is 50.7 Å². The number of guanidine groups is 1. The van der Waals surface area contributed by atoms with Crippen LogP contribution in [0.3, 0.4) is 0 Å².